The molecule has 0 spiro atoms. The van der Waals surface area contributed by atoms with Crippen LogP contribution in [0.2, 0.25) is 5.02 Å². The fourth-order valence-corrected chi connectivity index (χ4v) is 4.00. The molecule has 2 aromatic heterocycles. The van der Waals surface area contributed by atoms with Crippen LogP contribution >= 0.6 is 11.6 Å². The van der Waals surface area contributed by atoms with Gasteiger partial charge in [-0.3, -0.25) is 4.98 Å². The zero-order chi connectivity index (χ0) is 24.4. The van der Waals surface area contributed by atoms with Crippen molar-refractivity contribution >= 4 is 39.6 Å². The summed E-state index contributed by atoms with van der Waals surface area (Å²) in [6.07, 6.45) is 4.50. The van der Waals surface area contributed by atoms with E-state index in [0.717, 1.165) is 11.3 Å². The van der Waals surface area contributed by atoms with Crippen molar-refractivity contribution in [3.05, 3.63) is 101 Å². The summed E-state index contributed by atoms with van der Waals surface area (Å²) in [5.41, 5.74) is 12.6. The monoisotopic (exact) mass is 490 g/mol. The van der Waals surface area contributed by atoms with Crippen molar-refractivity contribution in [2.45, 2.75) is 6.04 Å². The average Bonchev–Trinajstić information content (AvgIpc) is 3.40. The van der Waals surface area contributed by atoms with Gasteiger partial charge >= 0.3 is 0 Å². The minimum atomic E-state index is -0.615. The first kappa shape index (κ1) is 22.3. The van der Waals surface area contributed by atoms with E-state index in [1.165, 1.54) is 36.7 Å². The minimum absolute atomic E-state index is 0.277. The Labute approximate surface area is 203 Å². The van der Waals surface area contributed by atoms with Crippen molar-refractivity contribution in [3.8, 4) is 6.07 Å². The van der Waals surface area contributed by atoms with Crippen molar-refractivity contribution in [2.75, 3.05) is 10.6 Å². The number of rotatable bonds is 6. The first-order valence-corrected chi connectivity index (χ1v) is 10.8. The number of hydrogen-bond acceptors (Lipinski definition) is 8. The van der Waals surface area contributed by atoms with E-state index in [1.807, 2.05) is 0 Å². The third-order valence-corrected chi connectivity index (χ3v) is 5.66. The lowest BCUT2D eigenvalue weighted by Gasteiger charge is -2.22. The van der Waals surface area contributed by atoms with Crippen LogP contribution < -0.4 is 27.0 Å². The Bertz CT molecular complexity index is 1470. The molecule has 11 heteroatoms. The van der Waals surface area contributed by atoms with E-state index in [1.54, 1.807) is 30.5 Å². The van der Waals surface area contributed by atoms with E-state index in [9.17, 15) is 14.0 Å². The SMILES string of the molecule is N#Cc1cnc2c(Cl)cc(N[C@H](C3=CNNN3)c3ccc(F)cc3)cc2c1Nc1ccc(F)nc1. The Morgan fingerprint density at radius 2 is 1.83 bits per heavy atom. The highest BCUT2D eigenvalue weighted by atomic mass is 35.5. The van der Waals surface area contributed by atoms with Gasteiger partial charge in [0.25, 0.3) is 0 Å². The van der Waals surface area contributed by atoms with Gasteiger partial charge in [0, 0.05) is 23.5 Å². The molecule has 0 saturated carbocycles. The predicted octanol–water partition coefficient (Wildman–Crippen LogP) is 4.78. The molecular formula is C24H17ClF2N8. The molecule has 0 fully saturated rings. The van der Waals surface area contributed by atoms with Crippen LogP contribution in [-0.4, -0.2) is 9.97 Å². The molecule has 1 aliphatic rings. The first-order valence-electron chi connectivity index (χ1n) is 10.4. The maximum atomic E-state index is 13.5. The van der Waals surface area contributed by atoms with Crippen LogP contribution in [0.1, 0.15) is 17.2 Å². The third kappa shape index (κ3) is 4.63. The van der Waals surface area contributed by atoms with Crippen LogP contribution in [-0.2, 0) is 0 Å². The van der Waals surface area contributed by atoms with Crippen LogP contribution in [0.5, 0.6) is 0 Å². The van der Waals surface area contributed by atoms with Crippen molar-refractivity contribution < 1.29 is 8.78 Å². The second kappa shape index (κ2) is 9.42. The third-order valence-electron chi connectivity index (χ3n) is 5.37. The standard InChI is InChI=1S/C24H17ClF2N8/c25-19-8-17(33-23(20-12-31-35-34-20)13-1-3-15(26)4-2-13)7-18-22(14(9-28)10-30-24(18)19)32-16-5-6-21(27)29-11-16/h1-8,10-12,23,31,33-35H,(H,30,32)/t23-/m0/s1. The molecule has 4 aromatic rings. The number of nitrogens with one attached hydrogen (secondary N) is 5. The molecule has 5 rings (SSSR count). The fraction of sp³-hybridized carbons (Fsp3) is 0.0417. The summed E-state index contributed by atoms with van der Waals surface area (Å²) in [4.78, 5) is 8.00. The van der Waals surface area contributed by atoms with E-state index >= 15 is 0 Å². The Morgan fingerprint density at radius 3 is 2.51 bits per heavy atom. The fourth-order valence-electron chi connectivity index (χ4n) is 3.73. The Kier molecular flexibility index (Phi) is 6.01. The molecular weight excluding hydrogens is 474 g/mol. The molecule has 0 unspecified atom stereocenters. The summed E-state index contributed by atoms with van der Waals surface area (Å²) >= 11 is 6.58. The van der Waals surface area contributed by atoms with Gasteiger partial charge in [0.05, 0.1) is 45.4 Å². The number of nitrogens with zero attached hydrogens (tertiary/aromatic N) is 3. The Hall–Kier alpha value is -4.46. The number of benzene rings is 2. The highest BCUT2D eigenvalue weighted by Crippen LogP contribution is 2.36. The van der Waals surface area contributed by atoms with Gasteiger partial charge in [-0.2, -0.15) is 15.2 Å². The molecule has 0 amide bonds. The number of halogens is 3. The van der Waals surface area contributed by atoms with Gasteiger partial charge in [0.1, 0.15) is 11.9 Å². The van der Waals surface area contributed by atoms with Crippen molar-refractivity contribution in [3.63, 3.8) is 0 Å². The number of hydrazine groups is 2. The summed E-state index contributed by atoms with van der Waals surface area (Å²) in [6.45, 7) is 0. The van der Waals surface area contributed by atoms with Crippen LogP contribution in [0, 0.1) is 23.1 Å². The van der Waals surface area contributed by atoms with Crippen LogP contribution in [0.15, 0.2) is 72.8 Å². The van der Waals surface area contributed by atoms with Gasteiger partial charge in [-0.05, 0) is 42.0 Å². The lowest BCUT2D eigenvalue weighted by Crippen LogP contribution is -2.33. The average molecular weight is 491 g/mol. The molecule has 2 aromatic carbocycles. The lowest BCUT2D eigenvalue weighted by atomic mass is 10.0. The molecule has 0 radical (unpaired) electrons. The number of fused-ring (bicyclic) bond motifs is 1. The first-order chi connectivity index (χ1) is 17.0. The molecule has 5 N–H and O–H groups in total. The molecule has 35 heavy (non-hydrogen) atoms. The molecule has 1 atom stereocenters. The van der Waals surface area contributed by atoms with E-state index in [2.05, 4.69) is 43.1 Å². The molecule has 174 valence electrons. The van der Waals surface area contributed by atoms with Gasteiger partial charge in [0.15, 0.2) is 0 Å². The molecule has 0 aliphatic carbocycles. The number of hydrogen-bond donors (Lipinski definition) is 5. The van der Waals surface area contributed by atoms with Crippen molar-refractivity contribution in [2.24, 2.45) is 0 Å². The number of pyridine rings is 2. The van der Waals surface area contributed by atoms with Crippen molar-refractivity contribution in [1.29, 1.82) is 5.26 Å². The Morgan fingerprint density at radius 1 is 1.00 bits per heavy atom. The van der Waals surface area contributed by atoms with Gasteiger partial charge in [-0.15, -0.1) is 0 Å². The highest BCUT2D eigenvalue weighted by Gasteiger charge is 2.21. The van der Waals surface area contributed by atoms with Gasteiger partial charge in [-0.1, -0.05) is 23.7 Å². The molecule has 1 aliphatic heterocycles. The molecule has 3 heterocycles. The summed E-state index contributed by atoms with van der Waals surface area (Å²) in [5.74, 6) is -0.956. The van der Waals surface area contributed by atoms with Crippen LogP contribution in [0.3, 0.4) is 0 Å². The molecule has 0 saturated heterocycles. The van der Waals surface area contributed by atoms with E-state index in [4.69, 9.17) is 11.6 Å². The maximum absolute atomic E-state index is 13.5. The highest BCUT2D eigenvalue weighted by molar-refractivity contribution is 6.36. The maximum Gasteiger partial charge on any atom is 0.212 e. The smallest absolute Gasteiger partial charge is 0.212 e. The van der Waals surface area contributed by atoms with E-state index < -0.39 is 12.0 Å². The predicted molar refractivity (Wildman–Crippen MR) is 129 cm³/mol. The van der Waals surface area contributed by atoms with Gasteiger partial charge in [0.2, 0.25) is 5.95 Å². The second-order valence-electron chi connectivity index (χ2n) is 7.63. The summed E-state index contributed by atoms with van der Waals surface area (Å²) < 4.78 is 26.8. The number of nitriles is 1. The van der Waals surface area contributed by atoms with E-state index in [0.29, 0.717) is 33.0 Å². The topological polar surface area (TPSA) is 110 Å². The number of aromatic nitrogens is 2. The van der Waals surface area contributed by atoms with Gasteiger partial charge < -0.3 is 21.5 Å². The molecule has 0 bridgehead atoms. The number of anilines is 3. The molecule has 8 nitrogen and oxygen atoms in total. The van der Waals surface area contributed by atoms with Crippen LogP contribution in [0.4, 0.5) is 25.8 Å². The summed E-state index contributed by atoms with van der Waals surface area (Å²) in [5, 5.41) is 17.2. The Balaban J connectivity index is 1.59. The normalized spacial score (nSPS) is 13.4. The van der Waals surface area contributed by atoms with Crippen LogP contribution in [0.25, 0.3) is 10.9 Å². The largest absolute Gasteiger partial charge is 0.373 e. The lowest BCUT2D eigenvalue weighted by molar-refractivity contribution is 0.582. The van der Waals surface area contributed by atoms with Crippen molar-refractivity contribution in [1.82, 2.24) is 26.4 Å². The quantitative estimate of drug-likeness (QED) is 0.246. The second-order valence-corrected chi connectivity index (χ2v) is 8.04. The zero-order valence-electron chi connectivity index (χ0n) is 17.9. The summed E-state index contributed by atoms with van der Waals surface area (Å²) in [7, 11) is 0. The summed E-state index contributed by atoms with van der Waals surface area (Å²) in [6, 6.07) is 14.1. The van der Waals surface area contributed by atoms with Gasteiger partial charge in [-0.25, -0.2) is 9.37 Å². The van der Waals surface area contributed by atoms with E-state index in [-0.39, 0.29) is 11.4 Å². The zero-order valence-corrected chi connectivity index (χ0v) is 18.7. The minimum Gasteiger partial charge on any atom is -0.373 e.